The fraction of sp³-hybridized carbons (Fsp3) is 0.500. The van der Waals surface area contributed by atoms with Crippen molar-refractivity contribution in [3.05, 3.63) is 41.5 Å². The van der Waals surface area contributed by atoms with Gasteiger partial charge in [0.2, 0.25) is 0 Å². The van der Waals surface area contributed by atoms with Crippen molar-refractivity contribution in [2.24, 2.45) is 11.7 Å². The molecule has 0 radical (unpaired) electrons. The van der Waals surface area contributed by atoms with E-state index in [-0.39, 0.29) is 6.04 Å². The van der Waals surface area contributed by atoms with E-state index >= 15 is 0 Å². The molecule has 1 fully saturated rings. The topological polar surface area (TPSA) is 26.0 Å². The maximum absolute atomic E-state index is 6.35. The van der Waals surface area contributed by atoms with Crippen LogP contribution in [0, 0.1) is 5.92 Å². The predicted octanol–water partition coefficient (Wildman–Crippen LogP) is 3.70. The van der Waals surface area contributed by atoms with Crippen molar-refractivity contribution in [2.45, 2.75) is 44.1 Å². The van der Waals surface area contributed by atoms with Crippen molar-refractivity contribution < 1.29 is 0 Å². The fourth-order valence-electron chi connectivity index (χ4n) is 3.54. The molecule has 1 saturated carbocycles. The second-order valence-electron chi connectivity index (χ2n) is 5.47. The molecular formula is C16H21N. The molecule has 0 amide bonds. The minimum absolute atomic E-state index is 0.241. The van der Waals surface area contributed by atoms with E-state index in [1.54, 1.807) is 0 Å². The molecule has 2 N–H and O–H groups in total. The highest BCUT2D eigenvalue weighted by Gasteiger charge is 2.31. The molecule has 0 aromatic heterocycles. The third kappa shape index (κ3) is 2.04. The van der Waals surface area contributed by atoms with E-state index in [0.717, 1.165) is 0 Å². The summed E-state index contributed by atoms with van der Waals surface area (Å²) in [6.07, 6.45) is 11.2. The molecule has 1 aromatic carbocycles. The van der Waals surface area contributed by atoms with Gasteiger partial charge in [0.15, 0.2) is 0 Å². The van der Waals surface area contributed by atoms with Gasteiger partial charge >= 0.3 is 0 Å². The Labute approximate surface area is 104 Å². The summed E-state index contributed by atoms with van der Waals surface area (Å²) in [5.74, 6) is 1.33. The van der Waals surface area contributed by atoms with Crippen LogP contribution in [0.3, 0.4) is 0 Å². The zero-order valence-corrected chi connectivity index (χ0v) is 10.3. The first kappa shape index (κ1) is 11.0. The van der Waals surface area contributed by atoms with Crippen molar-refractivity contribution in [1.29, 1.82) is 0 Å². The number of hydrogen-bond acceptors (Lipinski definition) is 1. The van der Waals surface area contributed by atoms with Crippen LogP contribution in [0.4, 0.5) is 0 Å². The van der Waals surface area contributed by atoms with Crippen LogP contribution in [0.5, 0.6) is 0 Å². The number of fused-ring (bicyclic) bond motifs is 3. The van der Waals surface area contributed by atoms with E-state index < -0.39 is 0 Å². The minimum atomic E-state index is 0.241. The van der Waals surface area contributed by atoms with E-state index in [4.69, 9.17) is 5.73 Å². The lowest BCUT2D eigenvalue weighted by molar-refractivity contribution is 0.367. The van der Waals surface area contributed by atoms with Gasteiger partial charge in [0, 0.05) is 6.04 Å². The molecule has 0 aliphatic heterocycles. The Bertz CT molecular complexity index is 421. The molecule has 17 heavy (non-hydrogen) atoms. The van der Waals surface area contributed by atoms with Crippen LogP contribution in [0.15, 0.2) is 30.3 Å². The molecule has 1 aromatic rings. The summed E-state index contributed by atoms with van der Waals surface area (Å²) in [7, 11) is 0. The number of nitrogens with two attached hydrogens (primary N) is 1. The van der Waals surface area contributed by atoms with E-state index in [1.165, 1.54) is 43.2 Å². The molecular weight excluding hydrogens is 206 g/mol. The highest BCUT2D eigenvalue weighted by molar-refractivity contribution is 5.57. The summed E-state index contributed by atoms with van der Waals surface area (Å²) in [4.78, 5) is 0. The molecule has 0 heterocycles. The molecule has 3 unspecified atom stereocenters. The van der Waals surface area contributed by atoms with Crippen LogP contribution < -0.4 is 5.73 Å². The Balaban J connectivity index is 2.05. The molecule has 2 aliphatic carbocycles. The average Bonchev–Trinajstić information content (AvgIpc) is 2.67. The number of rotatable bonds is 0. The Kier molecular flexibility index (Phi) is 3.02. The zero-order chi connectivity index (χ0) is 11.7. The van der Waals surface area contributed by atoms with Crippen molar-refractivity contribution in [1.82, 2.24) is 0 Å². The quantitative estimate of drug-likeness (QED) is 0.718. The van der Waals surface area contributed by atoms with Gasteiger partial charge < -0.3 is 5.73 Å². The predicted molar refractivity (Wildman–Crippen MR) is 72.8 cm³/mol. The number of benzene rings is 1. The molecule has 0 bridgehead atoms. The largest absolute Gasteiger partial charge is 0.324 e. The lowest BCUT2D eigenvalue weighted by Gasteiger charge is -2.28. The average molecular weight is 227 g/mol. The Morgan fingerprint density at radius 2 is 1.82 bits per heavy atom. The first-order valence-corrected chi connectivity index (χ1v) is 6.89. The summed E-state index contributed by atoms with van der Waals surface area (Å²) in [5, 5.41) is 0. The Morgan fingerprint density at radius 1 is 1.00 bits per heavy atom. The van der Waals surface area contributed by atoms with Crippen molar-refractivity contribution in [3.63, 3.8) is 0 Å². The smallest absolute Gasteiger partial charge is 0.0261 e. The van der Waals surface area contributed by atoms with Crippen LogP contribution >= 0.6 is 0 Å². The molecule has 3 rings (SSSR count). The van der Waals surface area contributed by atoms with E-state index in [2.05, 4.69) is 36.4 Å². The Hall–Kier alpha value is -1.08. The summed E-state index contributed by atoms with van der Waals surface area (Å²) >= 11 is 0. The van der Waals surface area contributed by atoms with Crippen molar-refractivity contribution >= 4 is 6.08 Å². The molecule has 0 spiro atoms. The Morgan fingerprint density at radius 3 is 2.76 bits per heavy atom. The molecule has 1 heteroatoms. The van der Waals surface area contributed by atoms with Crippen molar-refractivity contribution in [2.75, 3.05) is 0 Å². The van der Waals surface area contributed by atoms with Gasteiger partial charge in [0.25, 0.3) is 0 Å². The van der Waals surface area contributed by atoms with Gasteiger partial charge in [-0.2, -0.15) is 0 Å². The molecule has 90 valence electrons. The van der Waals surface area contributed by atoms with E-state index in [9.17, 15) is 0 Å². The molecule has 1 nitrogen and oxygen atoms in total. The van der Waals surface area contributed by atoms with Crippen LogP contribution in [-0.4, -0.2) is 6.04 Å². The SMILES string of the molecule is NC1C=Cc2ccccc2C2CCCCCC12. The normalized spacial score (nSPS) is 32.2. The molecule has 0 saturated heterocycles. The lowest BCUT2D eigenvalue weighted by atomic mass is 9.79. The summed E-state index contributed by atoms with van der Waals surface area (Å²) < 4.78 is 0. The van der Waals surface area contributed by atoms with Crippen LogP contribution in [0.1, 0.15) is 49.1 Å². The van der Waals surface area contributed by atoms with Crippen molar-refractivity contribution in [3.8, 4) is 0 Å². The van der Waals surface area contributed by atoms with Gasteiger partial charge in [-0.05, 0) is 35.8 Å². The highest BCUT2D eigenvalue weighted by Crippen LogP contribution is 2.41. The third-order valence-corrected chi connectivity index (χ3v) is 4.46. The maximum Gasteiger partial charge on any atom is 0.0261 e. The van der Waals surface area contributed by atoms with Gasteiger partial charge in [-0.25, -0.2) is 0 Å². The van der Waals surface area contributed by atoms with Crippen LogP contribution in [0.2, 0.25) is 0 Å². The standard InChI is InChI=1S/C16H21N/c17-16-11-10-12-6-4-5-7-13(12)14-8-2-1-3-9-15(14)16/h4-7,10-11,14-16H,1-3,8-9,17H2. The fourth-order valence-corrected chi connectivity index (χ4v) is 3.54. The summed E-state index contributed by atoms with van der Waals surface area (Å²) in [5.41, 5.74) is 9.27. The minimum Gasteiger partial charge on any atom is -0.324 e. The lowest BCUT2D eigenvalue weighted by Crippen LogP contribution is -2.31. The van der Waals surface area contributed by atoms with Gasteiger partial charge in [0.05, 0.1) is 0 Å². The second kappa shape index (κ2) is 4.66. The number of hydrogen-bond donors (Lipinski definition) is 1. The van der Waals surface area contributed by atoms with Gasteiger partial charge in [-0.15, -0.1) is 0 Å². The molecule has 2 aliphatic rings. The summed E-state index contributed by atoms with van der Waals surface area (Å²) in [6, 6.07) is 9.08. The second-order valence-corrected chi connectivity index (χ2v) is 5.47. The van der Waals surface area contributed by atoms with Crippen LogP contribution in [-0.2, 0) is 0 Å². The van der Waals surface area contributed by atoms with E-state index in [0.29, 0.717) is 11.8 Å². The third-order valence-electron chi connectivity index (χ3n) is 4.46. The maximum atomic E-state index is 6.35. The van der Waals surface area contributed by atoms with Gasteiger partial charge in [0.1, 0.15) is 0 Å². The monoisotopic (exact) mass is 227 g/mol. The van der Waals surface area contributed by atoms with Gasteiger partial charge in [-0.1, -0.05) is 55.7 Å². The summed E-state index contributed by atoms with van der Waals surface area (Å²) in [6.45, 7) is 0. The van der Waals surface area contributed by atoms with Crippen LogP contribution in [0.25, 0.3) is 6.08 Å². The van der Waals surface area contributed by atoms with Gasteiger partial charge in [-0.3, -0.25) is 0 Å². The first-order chi connectivity index (χ1) is 8.36. The zero-order valence-electron chi connectivity index (χ0n) is 10.3. The van der Waals surface area contributed by atoms with E-state index in [1.807, 2.05) is 0 Å². The first-order valence-electron chi connectivity index (χ1n) is 6.89. The molecule has 3 atom stereocenters. The highest BCUT2D eigenvalue weighted by atomic mass is 14.7.